The molecule has 2 rings (SSSR count). The van der Waals surface area contributed by atoms with E-state index in [0.29, 0.717) is 40.9 Å². The van der Waals surface area contributed by atoms with Crippen LogP contribution in [0.4, 0.5) is 4.79 Å². The molecule has 0 radical (unpaired) electrons. The molecule has 1 heterocycles. The topological polar surface area (TPSA) is 77.1 Å². The summed E-state index contributed by atoms with van der Waals surface area (Å²) in [6.45, 7) is 6.19. The minimum Gasteiger partial charge on any atom is -0.497 e. The van der Waals surface area contributed by atoms with E-state index in [1.807, 2.05) is 0 Å². The van der Waals surface area contributed by atoms with Crippen molar-refractivity contribution in [2.45, 2.75) is 33.2 Å². The van der Waals surface area contributed by atoms with Gasteiger partial charge in [-0.15, -0.1) is 0 Å². The lowest BCUT2D eigenvalue weighted by Crippen LogP contribution is -2.46. The molecule has 1 aromatic carbocycles. The van der Waals surface area contributed by atoms with Gasteiger partial charge in [0.2, 0.25) is 0 Å². The Morgan fingerprint density at radius 3 is 2.56 bits per heavy atom. The molecule has 1 aromatic rings. The van der Waals surface area contributed by atoms with Crippen molar-refractivity contribution in [2.75, 3.05) is 27.9 Å². The molecular formula is C20H28N2O5. The standard InChI is InChI=1S/C20H28N2O5/c1-12(2)9-10-27-19(23)17-13(3)22(4)20(24)21-18(17)15-11-14(25-5)7-8-16(15)26-6/h7-8,11-12,18H,9-10H2,1-6H3,(H,21,24)/t18-/m0/s1. The second-order valence-corrected chi connectivity index (χ2v) is 6.87. The van der Waals surface area contributed by atoms with Crippen LogP contribution >= 0.6 is 0 Å². The van der Waals surface area contributed by atoms with Crippen LogP contribution in [0.3, 0.4) is 0 Å². The van der Waals surface area contributed by atoms with E-state index in [4.69, 9.17) is 14.2 Å². The van der Waals surface area contributed by atoms with Crippen molar-refractivity contribution >= 4 is 12.0 Å². The van der Waals surface area contributed by atoms with E-state index in [9.17, 15) is 9.59 Å². The zero-order valence-electron chi connectivity index (χ0n) is 16.8. The zero-order valence-corrected chi connectivity index (χ0v) is 16.8. The SMILES string of the molecule is COc1ccc(OC)c([C@@H]2NC(=O)N(C)C(C)=C2C(=O)OCCC(C)C)c1. The fourth-order valence-corrected chi connectivity index (χ4v) is 2.86. The Hall–Kier alpha value is -2.70. The highest BCUT2D eigenvalue weighted by molar-refractivity contribution is 5.95. The second-order valence-electron chi connectivity index (χ2n) is 6.87. The molecule has 7 heteroatoms. The number of rotatable bonds is 7. The van der Waals surface area contributed by atoms with Crippen molar-refractivity contribution in [3.05, 3.63) is 35.0 Å². The predicted octanol–water partition coefficient (Wildman–Crippen LogP) is 3.26. The van der Waals surface area contributed by atoms with Gasteiger partial charge in [0.1, 0.15) is 11.5 Å². The van der Waals surface area contributed by atoms with Gasteiger partial charge in [-0.3, -0.25) is 0 Å². The summed E-state index contributed by atoms with van der Waals surface area (Å²) in [6, 6.07) is 4.27. The number of carbonyl (C=O) groups excluding carboxylic acids is 2. The van der Waals surface area contributed by atoms with Crippen LogP contribution in [0.25, 0.3) is 0 Å². The minimum absolute atomic E-state index is 0.305. The van der Waals surface area contributed by atoms with E-state index in [1.165, 1.54) is 4.90 Å². The highest BCUT2D eigenvalue weighted by Gasteiger charge is 2.36. The lowest BCUT2D eigenvalue weighted by molar-refractivity contribution is -0.140. The molecule has 0 fully saturated rings. The summed E-state index contributed by atoms with van der Waals surface area (Å²) in [5.41, 5.74) is 1.56. The third-order valence-corrected chi connectivity index (χ3v) is 4.65. The van der Waals surface area contributed by atoms with E-state index in [1.54, 1.807) is 46.4 Å². The molecule has 148 valence electrons. The first kappa shape index (κ1) is 20.6. The highest BCUT2D eigenvalue weighted by atomic mass is 16.5. The van der Waals surface area contributed by atoms with Crippen LogP contribution in [0.15, 0.2) is 29.5 Å². The number of hydrogen-bond acceptors (Lipinski definition) is 5. The van der Waals surface area contributed by atoms with Crippen molar-refractivity contribution in [3.63, 3.8) is 0 Å². The maximum Gasteiger partial charge on any atom is 0.338 e. The van der Waals surface area contributed by atoms with Crippen LogP contribution in [0.2, 0.25) is 0 Å². The Morgan fingerprint density at radius 1 is 1.26 bits per heavy atom. The molecule has 0 unspecified atom stereocenters. The number of methoxy groups -OCH3 is 2. The number of allylic oxidation sites excluding steroid dienone is 1. The Kier molecular flexibility index (Phi) is 6.71. The summed E-state index contributed by atoms with van der Waals surface area (Å²) in [7, 11) is 4.71. The highest BCUT2D eigenvalue weighted by Crippen LogP contribution is 2.37. The molecule has 0 aromatic heterocycles. The quantitative estimate of drug-likeness (QED) is 0.739. The lowest BCUT2D eigenvalue weighted by atomic mass is 9.94. The van der Waals surface area contributed by atoms with Gasteiger partial charge < -0.3 is 24.4 Å². The molecule has 0 bridgehead atoms. The molecule has 1 atom stereocenters. The Balaban J connectivity index is 2.46. The van der Waals surface area contributed by atoms with Crippen LogP contribution in [0, 0.1) is 5.92 Å². The molecule has 27 heavy (non-hydrogen) atoms. The van der Waals surface area contributed by atoms with Crippen molar-refractivity contribution in [2.24, 2.45) is 5.92 Å². The maximum atomic E-state index is 12.8. The van der Waals surface area contributed by atoms with Gasteiger partial charge in [-0.2, -0.15) is 0 Å². The van der Waals surface area contributed by atoms with E-state index in [2.05, 4.69) is 19.2 Å². The lowest BCUT2D eigenvalue weighted by Gasteiger charge is -2.33. The number of esters is 1. The normalized spacial score (nSPS) is 17.1. The molecule has 7 nitrogen and oxygen atoms in total. The molecule has 1 N–H and O–H groups in total. The number of benzene rings is 1. The molecule has 1 aliphatic heterocycles. The summed E-state index contributed by atoms with van der Waals surface area (Å²) in [5, 5.41) is 2.86. The minimum atomic E-state index is -0.690. The average molecular weight is 376 g/mol. The Bertz CT molecular complexity index is 742. The van der Waals surface area contributed by atoms with Crippen LogP contribution < -0.4 is 14.8 Å². The third kappa shape index (κ3) is 4.53. The molecule has 2 amide bonds. The summed E-state index contributed by atoms with van der Waals surface area (Å²) in [4.78, 5) is 26.6. The third-order valence-electron chi connectivity index (χ3n) is 4.65. The number of amides is 2. The largest absolute Gasteiger partial charge is 0.497 e. The first-order valence-corrected chi connectivity index (χ1v) is 8.94. The number of ether oxygens (including phenoxy) is 3. The van der Waals surface area contributed by atoms with Gasteiger partial charge >= 0.3 is 12.0 Å². The van der Waals surface area contributed by atoms with Gasteiger partial charge in [-0.25, -0.2) is 9.59 Å². The van der Waals surface area contributed by atoms with Crippen LogP contribution in [0.5, 0.6) is 11.5 Å². The number of urea groups is 1. The molecule has 0 aliphatic carbocycles. The Morgan fingerprint density at radius 2 is 1.96 bits per heavy atom. The number of carbonyl (C=O) groups is 2. The van der Waals surface area contributed by atoms with Crippen molar-refractivity contribution in [1.29, 1.82) is 0 Å². The monoisotopic (exact) mass is 376 g/mol. The smallest absolute Gasteiger partial charge is 0.338 e. The first-order valence-electron chi connectivity index (χ1n) is 8.94. The Labute approximate surface area is 160 Å². The van der Waals surface area contributed by atoms with Crippen molar-refractivity contribution in [3.8, 4) is 11.5 Å². The average Bonchev–Trinajstić information content (AvgIpc) is 2.64. The fraction of sp³-hybridized carbons (Fsp3) is 0.500. The fourth-order valence-electron chi connectivity index (χ4n) is 2.86. The summed E-state index contributed by atoms with van der Waals surface area (Å²) < 4.78 is 16.2. The number of hydrogen-bond donors (Lipinski definition) is 1. The molecule has 0 spiro atoms. The van der Waals surface area contributed by atoms with Crippen molar-refractivity contribution < 1.29 is 23.8 Å². The number of nitrogens with zero attached hydrogens (tertiary/aromatic N) is 1. The molecule has 0 saturated heterocycles. The zero-order chi connectivity index (χ0) is 20.1. The van der Waals surface area contributed by atoms with Crippen LogP contribution in [-0.4, -0.2) is 44.8 Å². The maximum absolute atomic E-state index is 12.8. The summed E-state index contributed by atoms with van der Waals surface area (Å²) in [6.07, 6.45) is 0.771. The van der Waals surface area contributed by atoms with Gasteiger partial charge in [0.15, 0.2) is 0 Å². The summed E-state index contributed by atoms with van der Waals surface area (Å²) in [5.74, 6) is 1.13. The van der Waals surface area contributed by atoms with Gasteiger partial charge in [0.05, 0.1) is 32.4 Å². The van der Waals surface area contributed by atoms with Crippen molar-refractivity contribution in [1.82, 2.24) is 10.2 Å². The molecular weight excluding hydrogens is 348 g/mol. The van der Waals surface area contributed by atoms with Crippen LogP contribution in [-0.2, 0) is 9.53 Å². The van der Waals surface area contributed by atoms with Crippen LogP contribution in [0.1, 0.15) is 38.8 Å². The van der Waals surface area contributed by atoms with Gasteiger partial charge in [-0.1, -0.05) is 13.8 Å². The second kappa shape index (κ2) is 8.79. The summed E-state index contributed by atoms with van der Waals surface area (Å²) >= 11 is 0. The molecule has 0 saturated carbocycles. The predicted molar refractivity (Wildman–Crippen MR) is 102 cm³/mol. The van der Waals surface area contributed by atoms with E-state index < -0.39 is 12.0 Å². The van der Waals surface area contributed by atoms with E-state index >= 15 is 0 Å². The van der Waals surface area contributed by atoms with Gasteiger partial charge in [0, 0.05) is 18.3 Å². The molecule has 1 aliphatic rings. The number of nitrogens with one attached hydrogen (secondary N) is 1. The van der Waals surface area contributed by atoms with E-state index in [-0.39, 0.29) is 6.03 Å². The van der Waals surface area contributed by atoms with Gasteiger partial charge in [0.25, 0.3) is 0 Å². The van der Waals surface area contributed by atoms with E-state index in [0.717, 1.165) is 6.42 Å². The van der Waals surface area contributed by atoms with Gasteiger partial charge in [-0.05, 0) is 37.5 Å². The first-order chi connectivity index (χ1) is 12.8.